The number of hydrogen-bond donors (Lipinski definition) is 1. The van der Waals surface area contributed by atoms with E-state index in [-0.39, 0.29) is 18.4 Å². The van der Waals surface area contributed by atoms with E-state index in [0.29, 0.717) is 12.6 Å². The first-order valence-electron chi connectivity index (χ1n) is 10.4. The van der Waals surface area contributed by atoms with Crippen LogP contribution in [-0.4, -0.2) is 111 Å². The average molecular weight is 383 g/mol. The van der Waals surface area contributed by atoms with E-state index in [0.717, 1.165) is 91.3 Å². The second-order valence-electron chi connectivity index (χ2n) is 7.66. The van der Waals surface area contributed by atoms with Crippen LogP contribution in [0.15, 0.2) is 0 Å². The highest BCUT2D eigenvalue weighted by atomic mass is 16.5. The first kappa shape index (κ1) is 20.5. The van der Waals surface area contributed by atoms with Crippen LogP contribution < -0.4 is 5.32 Å². The van der Waals surface area contributed by atoms with Crippen LogP contribution in [0.3, 0.4) is 0 Å². The zero-order chi connectivity index (χ0) is 18.9. The molecule has 2 amide bonds. The van der Waals surface area contributed by atoms with Crippen molar-refractivity contribution in [3.63, 3.8) is 0 Å². The molecule has 3 saturated heterocycles. The van der Waals surface area contributed by atoms with E-state index >= 15 is 0 Å². The van der Waals surface area contributed by atoms with E-state index in [1.807, 2.05) is 4.90 Å². The molecule has 0 aliphatic carbocycles. The highest BCUT2D eigenvalue weighted by Gasteiger charge is 2.23. The zero-order valence-electron chi connectivity index (χ0n) is 16.4. The van der Waals surface area contributed by atoms with Crippen molar-refractivity contribution in [1.29, 1.82) is 0 Å². The molecule has 0 atom stereocenters. The molecule has 0 spiro atoms. The predicted octanol–water partition coefficient (Wildman–Crippen LogP) is -0.462. The Labute approximate surface area is 162 Å². The van der Waals surface area contributed by atoms with Crippen molar-refractivity contribution in [2.24, 2.45) is 0 Å². The lowest BCUT2D eigenvalue weighted by atomic mass is 10.1. The van der Waals surface area contributed by atoms with Gasteiger partial charge in [0.05, 0.1) is 39.0 Å². The van der Waals surface area contributed by atoms with E-state index in [1.54, 1.807) is 0 Å². The second-order valence-corrected chi connectivity index (χ2v) is 7.66. The Morgan fingerprint density at radius 2 is 1.67 bits per heavy atom. The number of rotatable bonds is 8. The van der Waals surface area contributed by atoms with Crippen LogP contribution in [0.25, 0.3) is 0 Å². The third-order valence-corrected chi connectivity index (χ3v) is 5.66. The Balaban J connectivity index is 1.23. The van der Waals surface area contributed by atoms with Crippen molar-refractivity contribution >= 4 is 11.8 Å². The van der Waals surface area contributed by atoms with Crippen molar-refractivity contribution in [3.05, 3.63) is 0 Å². The summed E-state index contributed by atoms with van der Waals surface area (Å²) in [5, 5.41) is 2.77. The molecule has 154 valence electrons. The minimum atomic E-state index is -0.0609. The number of morpholine rings is 1. The van der Waals surface area contributed by atoms with Crippen LogP contribution in [0.2, 0.25) is 0 Å². The van der Waals surface area contributed by atoms with E-state index in [9.17, 15) is 9.59 Å². The Kier molecular flexibility index (Phi) is 8.32. The van der Waals surface area contributed by atoms with Gasteiger partial charge in [-0.1, -0.05) is 0 Å². The maximum absolute atomic E-state index is 12.1. The molecule has 0 radical (unpaired) electrons. The summed E-state index contributed by atoms with van der Waals surface area (Å²) in [5.74, 6) is -0.0255. The van der Waals surface area contributed by atoms with E-state index in [4.69, 9.17) is 9.47 Å². The van der Waals surface area contributed by atoms with Gasteiger partial charge in [0.15, 0.2) is 0 Å². The smallest absolute Gasteiger partial charge is 0.241 e. The molecule has 27 heavy (non-hydrogen) atoms. The van der Waals surface area contributed by atoms with Gasteiger partial charge in [-0.25, -0.2) is 0 Å². The molecular formula is C19H34N4O4. The summed E-state index contributed by atoms with van der Waals surface area (Å²) in [7, 11) is 0. The Bertz CT molecular complexity index is 470. The van der Waals surface area contributed by atoms with Gasteiger partial charge in [-0.3, -0.25) is 19.4 Å². The molecule has 1 N–H and O–H groups in total. The number of likely N-dealkylation sites (tertiary alicyclic amines) is 2. The SMILES string of the molecule is O=C(CN1CCC(OCCN2CCOCC2)CC1)NCC(=O)N1CCCC1. The molecule has 3 fully saturated rings. The molecule has 0 aromatic carbocycles. The van der Waals surface area contributed by atoms with Crippen LogP contribution in [-0.2, 0) is 19.1 Å². The summed E-state index contributed by atoms with van der Waals surface area (Å²) >= 11 is 0. The van der Waals surface area contributed by atoms with Crippen LogP contribution in [0.4, 0.5) is 0 Å². The van der Waals surface area contributed by atoms with E-state index in [1.165, 1.54) is 0 Å². The fraction of sp³-hybridized carbons (Fsp3) is 0.895. The number of piperidine rings is 1. The number of amides is 2. The highest BCUT2D eigenvalue weighted by molar-refractivity contribution is 5.85. The van der Waals surface area contributed by atoms with Crippen molar-refractivity contribution in [2.45, 2.75) is 31.8 Å². The molecule has 3 rings (SSSR count). The summed E-state index contributed by atoms with van der Waals surface area (Å²) in [6.45, 7) is 9.27. The monoisotopic (exact) mass is 382 g/mol. The molecule has 0 unspecified atom stereocenters. The topological polar surface area (TPSA) is 74.4 Å². The van der Waals surface area contributed by atoms with E-state index < -0.39 is 0 Å². The molecular weight excluding hydrogens is 348 g/mol. The molecule has 8 nitrogen and oxygen atoms in total. The van der Waals surface area contributed by atoms with Crippen molar-refractivity contribution in [3.8, 4) is 0 Å². The molecule has 0 aromatic rings. The molecule has 8 heteroatoms. The number of nitrogens with one attached hydrogen (secondary N) is 1. The fourth-order valence-corrected chi connectivity index (χ4v) is 3.92. The second kappa shape index (κ2) is 10.9. The maximum atomic E-state index is 12.1. The predicted molar refractivity (Wildman–Crippen MR) is 101 cm³/mol. The highest BCUT2D eigenvalue weighted by Crippen LogP contribution is 2.13. The summed E-state index contributed by atoms with van der Waals surface area (Å²) in [6, 6.07) is 0. The van der Waals surface area contributed by atoms with Gasteiger partial charge >= 0.3 is 0 Å². The Morgan fingerprint density at radius 1 is 0.963 bits per heavy atom. The molecule has 3 heterocycles. The fourth-order valence-electron chi connectivity index (χ4n) is 3.92. The number of carbonyl (C=O) groups is 2. The molecule has 0 saturated carbocycles. The minimum absolute atomic E-state index is 0.0354. The Morgan fingerprint density at radius 3 is 2.37 bits per heavy atom. The first-order valence-corrected chi connectivity index (χ1v) is 10.4. The lowest BCUT2D eigenvalue weighted by Crippen LogP contribution is -2.46. The number of nitrogens with zero attached hydrogens (tertiary/aromatic N) is 3. The van der Waals surface area contributed by atoms with E-state index in [2.05, 4.69) is 15.1 Å². The van der Waals surface area contributed by atoms with Crippen LogP contribution in [0.5, 0.6) is 0 Å². The lowest BCUT2D eigenvalue weighted by Gasteiger charge is -2.32. The van der Waals surface area contributed by atoms with Crippen molar-refractivity contribution in [2.75, 3.05) is 78.7 Å². The normalized spacial score (nSPS) is 22.9. The average Bonchev–Trinajstić information content (AvgIpc) is 3.23. The van der Waals surface area contributed by atoms with Gasteiger partial charge in [0, 0.05) is 45.8 Å². The largest absolute Gasteiger partial charge is 0.379 e. The van der Waals surface area contributed by atoms with Crippen molar-refractivity contribution in [1.82, 2.24) is 20.0 Å². The summed E-state index contributed by atoms with van der Waals surface area (Å²) in [4.78, 5) is 30.4. The number of hydrogen-bond acceptors (Lipinski definition) is 6. The van der Waals surface area contributed by atoms with Gasteiger partial charge in [-0.2, -0.15) is 0 Å². The van der Waals surface area contributed by atoms with Gasteiger partial charge in [-0.15, -0.1) is 0 Å². The van der Waals surface area contributed by atoms with Crippen LogP contribution in [0, 0.1) is 0 Å². The number of ether oxygens (including phenoxy) is 2. The maximum Gasteiger partial charge on any atom is 0.241 e. The third kappa shape index (κ3) is 7.03. The van der Waals surface area contributed by atoms with Crippen molar-refractivity contribution < 1.29 is 19.1 Å². The summed E-state index contributed by atoms with van der Waals surface area (Å²) in [6.07, 6.45) is 4.36. The molecule has 3 aliphatic heterocycles. The molecule has 0 bridgehead atoms. The zero-order valence-corrected chi connectivity index (χ0v) is 16.4. The summed E-state index contributed by atoms with van der Waals surface area (Å²) in [5.41, 5.74) is 0. The minimum Gasteiger partial charge on any atom is -0.379 e. The lowest BCUT2D eigenvalue weighted by molar-refractivity contribution is -0.132. The van der Waals surface area contributed by atoms with Crippen LogP contribution >= 0.6 is 0 Å². The molecule has 3 aliphatic rings. The molecule has 0 aromatic heterocycles. The summed E-state index contributed by atoms with van der Waals surface area (Å²) < 4.78 is 11.4. The quantitative estimate of drug-likeness (QED) is 0.612. The third-order valence-electron chi connectivity index (χ3n) is 5.66. The van der Waals surface area contributed by atoms with Crippen LogP contribution in [0.1, 0.15) is 25.7 Å². The number of carbonyl (C=O) groups excluding carboxylic acids is 2. The van der Waals surface area contributed by atoms with Gasteiger partial charge in [0.1, 0.15) is 0 Å². The van der Waals surface area contributed by atoms with Gasteiger partial charge < -0.3 is 19.7 Å². The van der Waals surface area contributed by atoms with Gasteiger partial charge in [-0.05, 0) is 25.7 Å². The standard InChI is InChI=1S/C19H34N4O4/c24-18(20-15-19(25)23-5-1-2-6-23)16-22-7-3-17(4-8-22)27-14-11-21-9-12-26-13-10-21/h17H,1-16H2,(H,20,24). The van der Waals surface area contributed by atoms with Gasteiger partial charge in [0.25, 0.3) is 0 Å². The first-order chi connectivity index (χ1) is 13.2. The van der Waals surface area contributed by atoms with Gasteiger partial charge in [0.2, 0.25) is 11.8 Å². The Hall–Kier alpha value is -1.22.